The van der Waals surface area contributed by atoms with Gasteiger partial charge < -0.3 is 20.1 Å². The Morgan fingerprint density at radius 3 is 2.32 bits per heavy atom. The number of carbonyl (C=O) groups is 5. The Labute approximate surface area is 215 Å². The Morgan fingerprint density at radius 2 is 1.59 bits per heavy atom. The van der Waals surface area contributed by atoms with Crippen LogP contribution in [0.25, 0.3) is 0 Å². The molecule has 13 heteroatoms. The highest BCUT2D eigenvalue weighted by Gasteiger charge is 2.23. The van der Waals surface area contributed by atoms with E-state index < -0.39 is 0 Å². The summed E-state index contributed by atoms with van der Waals surface area (Å²) in [6, 6.07) is 0. The molecule has 0 atom stereocenters. The van der Waals surface area contributed by atoms with Gasteiger partial charge in [-0.25, -0.2) is 0 Å². The van der Waals surface area contributed by atoms with Gasteiger partial charge in [-0.15, -0.1) is 5.10 Å². The summed E-state index contributed by atoms with van der Waals surface area (Å²) in [4.78, 5) is 59.0. The number of imide groups is 1. The number of ketones is 1. The van der Waals surface area contributed by atoms with Crippen molar-refractivity contribution in [3.63, 3.8) is 0 Å². The van der Waals surface area contributed by atoms with Crippen molar-refractivity contribution in [2.75, 3.05) is 46.6 Å². The smallest absolute Gasteiger partial charge is 0.253 e. The van der Waals surface area contributed by atoms with E-state index in [0.717, 1.165) is 10.6 Å². The van der Waals surface area contributed by atoms with Crippen molar-refractivity contribution in [1.82, 2.24) is 30.5 Å². The standard InChI is InChI=1S/C24H36N6O7/c1-25-21(32)5-2-12-29-18-19(27-28-29)6-7-22(33)26-11-15-37-17-16-36-14-3-4-20(31)10-13-30-23(34)8-9-24(30)35/h8-9,18H,2-7,10-17H2,1H3,(H,25,32)(H,26,33). The Bertz CT molecular complexity index is 928. The molecular weight excluding hydrogens is 484 g/mol. The van der Waals surface area contributed by atoms with Gasteiger partial charge in [-0.05, 0) is 12.8 Å². The minimum Gasteiger partial charge on any atom is -0.379 e. The lowest BCUT2D eigenvalue weighted by atomic mass is 10.1. The molecule has 4 amide bonds. The summed E-state index contributed by atoms with van der Waals surface area (Å²) in [5.74, 6) is -0.900. The third-order valence-corrected chi connectivity index (χ3v) is 5.46. The number of ether oxygens (including phenoxy) is 2. The van der Waals surface area contributed by atoms with Crippen molar-refractivity contribution < 1.29 is 33.4 Å². The van der Waals surface area contributed by atoms with Crippen molar-refractivity contribution in [3.8, 4) is 0 Å². The van der Waals surface area contributed by atoms with Crippen molar-refractivity contribution in [2.24, 2.45) is 0 Å². The van der Waals surface area contributed by atoms with Gasteiger partial charge in [0.15, 0.2) is 0 Å². The topological polar surface area (TPSA) is 162 Å². The second-order valence-corrected chi connectivity index (χ2v) is 8.38. The molecule has 2 rings (SSSR count). The summed E-state index contributed by atoms with van der Waals surface area (Å²) in [6.45, 7) is 2.61. The highest BCUT2D eigenvalue weighted by molar-refractivity contribution is 6.13. The Hall–Kier alpha value is -3.45. The summed E-state index contributed by atoms with van der Waals surface area (Å²) in [5.41, 5.74) is 0.722. The molecule has 0 unspecified atom stereocenters. The van der Waals surface area contributed by atoms with E-state index in [-0.39, 0.29) is 42.4 Å². The van der Waals surface area contributed by atoms with Gasteiger partial charge in [0.25, 0.3) is 11.8 Å². The molecule has 0 radical (unpaired) electrons. The summed E-state index contributed by atoms with van der Waals surface area (Å²) in [7, 11) is 1.60. The van der Waals surface area contributed by atoms with Crippen LogP contribution in [0.5, 0.6) is 0 Å². The molecule has 2 N–H and O–H groups in total. The summed E-state index contributed by atoms with van der Waals surface area (Å²) >= 11 is 0. The van der Waals surface area contributed by atoms with E-state index in [0.29, 0.717) is 78.0 Å². The van der Waals surface area contributed by atoms with Crippen molar-refractivity contribution in [3.05, 3.63) is 24.0 Å². The SMILES string of the molecule is CNC(=O)CCCn1cc(CCC(=O)NCCOCCOCCCC(=O)CCN2C(=O)C=CC2=O)nn1. The maximum Gasteiger partial charge on any atom is 0.253 e. The molecule has 13 nitrogen and oxygen atoms in total. The molecule has 0 bridgehead atoms. The highest BCUT2D eigenvalue weighted by Crippen LogP contribution is 2.06. The molecule has 0 fully saturated rings. The normalized spacial score (nSPS) is 12.8. The number of hydrogen-bond donors (Lipinski definition) is 2. The van der Waals surface area contributed by atoms with E-state index in [4.69, 9.17) is 9.47 Å². The number of nitrogens with one attached hydrogen (secondary N) is 2. The minimum absolute atomic E-state index is 0.0131. The lowest BCUT2D eigenvalue weighted by molar-refractivity contribution is -0.137. The van der Waals surface area contributed by atoms with E-state index in [1.807, 2.05) is 0 Å². The number of rotatable bonds is 20. The summed E-state index contributed by atoms with van der Waals surface area (Å²) in [6.07, 6.45) is 7.08. The molecule has 0 aromatic carbocycles. The molecule has 1 aromatic heterocycles. The van der Waals surface area contributed by atoms with E-state index >= 15 is 0 Å². The van der Waals surface area contributed by atoms with Crippen LogP contribution in [0.4, 0.5) is 0 Å². The van der Waals surface area contributed by atoms with E-state index in [9.17, 15) is 24.0 Å². The number of Topliss-reactive ketones (excluding diaryl/α,β-unsaturated/α-hetero) is 1. The number of aryl methyl sites for hydroxylation is 2. The average Bonchev–Trinajstić information content (AvgIpc) is 3.47. The van der Waals surface area contributed by atoms with Gasteiger partial charge in [0.1, 0.15) is 5.78 Å². The van der Waals surface area contributed by atoms with Gasteiger partial charge in [0.05, 0.1) is 25.5 Å². The van der Waals surface area contributed by atoms with Crippen LogP contribution >= 0.6 is 0 Å². The Morgan fingerprint density at radius 1 is 0.865 bits per heavy atom. The van der Waals surface area contributed by atoms with Crippen molar-refractivity contribution >= 4 is 29.4 Å². The maximum atomic E-state index is 12.0. The van der Waals surface area contributed by atoms with Crippen LogP contribution in [0.2, 0.25) is 0 Å². The molecule has 0 saturated heterocycles. The number of aromatic nitrogens is 3. The first kappa shape index (κ1) is 29.8. The van der Waals surface area contributed by atoms with E-state index in [2.05, 4.69) is 20.9 Å². The molecule has 1 aliphatic rings. The largest absolute Gasteiger partial charge is 0.379 e. The van der Waals surface area contributed by atoms with Gasteiger partial charge in [-0.2, -0.15) is 0 Å². The minimum atomic E-state index is -0.380. The molecule has 1 aromatic rings. The quantitative estimate of drug-likeness (QED) is 0.171. The molecule has 2 heterocycles. The zero-order chi connectivity index (χ0) is 26.9. The molecule has 0 spiro atoms. The van der Waals surface area contributed by atoms with Crippen LogP contribution in [0.1, 0.15) is 44.2 Å². The summed E-state index contributed by atoms with van der Waals surface area (Å²) in [5, 5.41) is 13.4. The van der Waals surface area contributed by atoms with Gasteiger partial charge in [-0.3, -0.25) is 33.6 Å². The molecule has 37 heavy (non-hydrogen) atoms. The predicted octanol–water partition coefficient (Wildman–Crippen LogP) is -0.449. The number of amides is 4. The Kier molecular flexibility index (Phi) is 13.7. The molecule has 1 aliphatic heterocycles. The molecule has 0 saturated carbocycles. The fourth-order valence-corrected chi connectivity index (χ4v) is 3.39. The van der Waals surface area contributed by atoms with Crippen LogP contribution in [-0.2, 0) is 46.4 Å². The van der Waals surface area contributed by atoms with Crippen LogP contribution < -0.4 is 10.6 Å². The molecule has 0 aliphatic carbocycles. The lowest BCUT2D eigenvalue weighted by Crippen LogP contribution is -2.32. The fraction of sp³-hybridized carbons (Fsp3) is 0.625. The molecular formula is C24H36N6O7. The maximum absolute atomic E-state index is 12.0. The third-order valence-electron chi connectivity index (χ3n) is 5.46. The van der Waals surface area contributed by atoms with Crippen molar-refractivity contribution in [2.45, 2.75) is 51.5 Å². The zero-order valence-electron chi connectivity index (χ0n) is 21.3. The summed E-state index contributed by atoms with van der Waals surface area (Å²) < 4.78 is 12.5. The van der Waals surface area contributed by atoms with Gasteiger partial charge in [-0.1, -0.05) is 5.21 Å². The van der Waals surface area contributed by atoms with Crippen LogP contribution in [0.3, 0.4) is 0 Å². The molecule has 204 valence electrons. The Balaban J connectivity index is 1.38. The van der Waals surface area contributed by atoms with Gasteiger partial charge >= 0.3 is 0 Å². The second-order valence-electron chi connectivity index (χ2n) is 8.38. The third kappa shape index (κ3) is 12.4. The lowest BCUT2D eigenvalue weighted by Gasteiger charge is -2.12. The average molecular weight is 521 g/mol. The van der Waals surface area contributed by atoms with Gasteiger partial charge in [0.2, 0.25) is 11.8 Å². The van der Waals surface area contributed by atoms with E-state index in [1.165, 1.54) is 12.2 Å². The zero-order valence-corrected chi connectivity index (χ0v) is 21.3. The van der Waals surface area contributed by atoms with Crippen LogP contribution in [-0.4, -0.2) is 95.9 Å². The van der Waals surface area contributed by atoms with Gasteiger partial charge in [0, 0.05) is 83.7 Å². The van der Waals surface area contributed by atoms with Crippen LogP contribution in [0.15, 0.2) is 18.3 Å². The van der Waals surface area contributed by atoms with E-state index in [1.54, 1.807) is 17.9 Å². The first-order valence-electron chi connectivity index (χ1n) is 12.5. The highest BCUT2D eigenvalue weighted by atomic mass is 16.5. The monoisotopic (exact) mass is 520 g/mol. The fourth-order valence-electron chi connectivity index (χ4n) is 3.39. The van der Waals surface area contributed by atoms with Crippen molar-refractivity contribution in [1.29, 1.82) is 0 Å². The number of hydrogen-bond acceptors (Lipinski definition) is 9. The number of nitrogens with zero attached hydrogens (tertiary/aromatic N) is 4. The first-order valence-corrected chi connectivity index (χ1v) is 12.5. The second kappa shape index (κ2) is 17.1. The number of carbonyl (C=O) groups excluding carboxylic acids is 5. The van der Waals surface area contributed by atoms with Crippen LogP contribution in [0, 0.1) is 0 Å². The first-order chi connectivity index (χ1) is 17.9. The predicted molar refractivity (Wildman–Crippen MR) is 131 cm³/mol.